The summed E-state index contributed by atoms with van der Waals surface area (Å²) in [7, 11) is 3.06. The monoisotopic (exact) mass is 333 g/mol. The quantitative estimate of drug-likeness (QED) is 0.833. The van der Waals surface area contributed by atoms with E-state index in [9.17, 15) is 14.4 Å². The van der Waals surface area contributed by atoms with Crippen LogP contribution in [-0.2, 0) is 9.59 Å². The van der Waals surface area contributed by atoms with Crippen molar-refractivity contribution in [3.8, 4) is 11.5 Å². The van der Waals surface area contributed by atoms with Crippen LogP contribution in [-0.4, -0.2) is 61.0 Å². The van der Waals surface area contributed by atoms with Crippen LogP contribution in [0.2, 0.25) is 0 Å². The molecular formula is C16H19N3O5. The molecule has 0 atom stereocenters. The molecule has 0 radical (unpaired) electrons. The first-order valence-corrected chi connectivity index (χ1v) is 7.66. The molecular weight excluding hydrogens is 314 g/mol. The summed E-state index contributed by atoms with van der Waals surface area (Å²) in [6.07, 6.45) is 0.537. The number of benzene rings is 1. The SMILES string of the molecule is COc1ccc(NC(=O)N2CC(N3C(=O)CCC3=O)C2)c(OC)c1. The first-order chi connectivity index (χ1) is 11.5. The van der Waals surface area contributed by atoms with Crippen molar-refractivity contribution in [3.05, 3.63) is 18.2 Å². The smallest absolute Gasteiger partial charge is 0.322 e. The zero-order valence-corrected chi connectivity index (χ0v) is 13.6. The van der Waals surface area contributed by atoms with Gasteiger partial charge in [-0.05, 0) is 12.1 Å². The lowest BCUT2D eigenvalue weighted by Gasteiger charge is -2.42. The summed E-state index contributed by atoms with van der Waals surface area (Å²) < 4.78 is 10.4. The van der Waals surface area contributed by atoms with Gasteiger partial charge in [0.15, 0.2) is 0 Å². The van der Waals surface area contributed by atoms with Crippen LogP contribution < -0.4 is 14.8 Å². The predicted octanol–water partition coefficient (Wildman–Crippen LogP) is 1.07. The fourth-order valence-corrected chi connectivity index (χ4v) is 2.88. The fraction of sp³-hybridized carbons (Fsp3) is 0.438. The molecule has 2 heterocycles. The highest BCUT2D eigenvalue weighted by atomic mass is 16.5. The largest absolute Gasteiger partial charge is 0.497 e. The number of nitrogens with zero attached hydrogens (tertiary/aromatic N) is 2. The topological polar surface area (TPSA) is 88.2 Å². The third-order valence-corrected chi connectivity index (χ3v) is 4.26. The summed E-state index contributed by atoms with van der Waals surface area (Å²) in [6, 6.07) is 4.58. The molecule has 0 unspecified atom stereocenters. The zero-order chi connectivity index (χ0) is 17.3. The number of hydrogen-bond donors (Lipinski definition) is 1. The minimum absolute atomic E-state index is 0.151. The average Bonchev–Trinajstić information content (AvgIpc) is 2.86. The normalized spacial score (nSPS) is 17.8. The summed E-state index contributed by atoms with van der Waals surface area (Å²) in [4.78, 5) is 38.5. The number of anilines is 1. The highest BCUT2D eigenvalue weighted by Gasteiger charge is 2.42. The molecule has 2 saturated heterocycles. The van der Waals surface area contributed by atoms with Crippen molar-refractivity contribution in [3.63, 3.8) is 0 Å². The van der Waals surface area contributed by atoms with Crippen molar-refractivity contribution >= 4 is 23.5 Å². The number of amides is 4. The minimum Gasteiger partial charge on any atom is -0.497 e. The number of ether oxygens (including phenoxy) is 2. The van der Waals surface area contributed by atoms with Crippen molar-refractivity contribution in [1.82, 2.24) is 9.80 Å². The van der Waals surface area contributed by atoms with Crippen LogP contribution in [0.1, 0.15) is 12.8 Å². The molecule has 0 bridgehead atoms. The maximum Gasteiger partial charge on any atom is 0.322 e. The molecule has 8 nitrogen and oxygen atoms in total. The Balaban J connectivity index is 1.59. The lowest BCUT2D eigenvalue weighted by molar-refractivity contribution is -0.144. The second-order valence-electron chi connectivity index (χ2n) is 5.71. The van der Waals surface area contributed by atoms with Gasteiger partial charge < -0.3 is 19.7 Å². The van der Waals surface area contributed by atoms with Crippen molar-refractivity contribution in [2.45, 2.75) is 18.9 Å². The maximum atomic E-state index is 12.3. The number of hydrogen-bond acceptors (Lipinski definition) is 5. The van der Waals surface area contributed by atoms with E-state index in [-0.39, 0.29) is 36.7 Å². The van der Waals surface area contributed by atoms with Crippen molar-refractivity contribution in [2.75, 3.05) is 32.6 Å². The molecule has 4 amide bonds. The predicted molar refractivity (Wildman–Crippen MR) is 85.0 cm³/mol. The fourth-order valence-electron chi connectivity index (χ4n) is 2.88. The van der Waals surface area contributed by atoms with E-state index in [1.807, 2.05) is 0 Å². The zero-order valence-electron chi connectivity index (χ0n) is 13.6. The molecule has 24 heavy (non-hydrogen) atoms. The van der Waals surface area contributed by atoms with Crippen LogP contribution in [0.5, 0.6) is 11.5 Å². The van der Waals surface area contributed by atoms with Gasteiger partial charge in [-0.3, -0.25) is 14.5 Å². The van der Waals surface area contributed by atoms with Crippen LogP contribution in [0, 0.1) is 0 Å². The van der Waals surface area contributed by atoms with Gasteiger partial charge in [0, 0.05) is 32.0 Å². The summed E-state index contributed by atoms with van der Waals surface area (Å²) in [6.45, 7) is 0.698. The van der Waals surface area contributed by atoms with E-state index in [1.165, 1.54) is 12.0 Å². The van der Waals surface area contributed by atoms with E-state index in [1.54, 1.807) is 30.2 Å². The van der Waals surface area contributed by atoms with Gasteiger partial charge in [0.2, 0.25) is 11.8 Å². The van der Waals surface area contributed by atoms with E-state index in [0.717, 1.165) is 0 Å². The summed E-state index contributed by atoms with van der Waals surface area (Å²) in [5.74, 6) is 0.813. The van der Waals surface area contributed by atoms with E-state index in [0.29, 0.717) is 30.3 Å². The molecule has 8 heteroatoms. The Morgan fingerprint density at radius 1 is 1.12 bits per heavy atom. The lowest BCUT2D eigenvalue weighted by Crippen LogP contribution is -2.63. The van der Waals surface area contributed by atoms with Crippen LogP contribution in [0.15, 0.2) is 18.2 Å². The van der Waals surface area contributed by atoms with Gasteiger partial charge in [0.25, 0.3) is 0 Å². The minimum atomic E-state index is -0.297. The van der Waals surface area contributed by atoms with Crippen molar-refractivity contribution in [2.24, 2.45) is 0 Å². The average molecular weight is 333 g/mol. The third-order valence-electron chi connectivity index (χ3n) is 4.26. The Bertz CT molecular complexity index is 668. The van der Waals surface area contributed by atoms with Crippen LogP contribution >= 0.6 is 0 Å². The van der Waals surface area contributed by atoms with Crippen LogP contribution in [0.4, 0.5) is 10.5 Å². The summed E-state index contributed by atoms with van der Waals surface area (Å²) in [5, 5.41) is 2.77. The number of imide groups is 1. The molecule has 0 saturated carbocycles. The Morgan fingerprint density at radius 3 is 2.38 bits per heavy atom. The second-order valence-corrected chi connectivity index (χ2v) is 5.71. The highest BCUT2D eigenvalue weighted by molar-refractivity contribution is 6.02. The van der Waals surface area contributed by atoms with Crippen LogP contribution in [0.25, 0.3) is 0 Å². The Morgan fingerprint density at radius 2 is 1.79 bits per heavy atom. The number of methoxy groups -OCH3 is 2. The number of carbonyl (C=O) groups excluding carboxylic acids is 3. The lowest BCUT2D eigenvalue weighted by atomic mass is 10.1. The Kier molecular flexibility index (Phi) is 4.28. The van der Waals surface area contributed by atoms with E-state index in [2.05, 4.69) is 5.32 Å². The summed E-state index contributed by atoms with van der Waals surface area (Å²) in [5.41, 5.74) is 0.528. The molecule has 128 valence electrons. The second kappa shape index (κ2) is 6.38. The molecule has 1 aromatic carbocycles. The number of rotatable bonds is 4. The molecule has 0 spiro atoms. The molecule has 3 rings (SSSR count). The molecule has 2 fully saturated rings. The first kappa shape index (κ1) is 16.1. The maximum absolute atomic E-state index is 12.3. The van der Waals surface area contributed by atoms with Gasteiger partial charge in [0.1, 0.15) is 11.5 Å². The van der Waals surface area contributed by atoms with Gasteiger partial charge in [-0.25, -0.2) is 4.79 Å². The van der Waals surface area contributed by atoms with Gasteiger partial charge in [0.05, 0.1) is 25.9 Å². The molecule has 0 aliphatic carbocycles. The van der Waals surface area contributed by atoms with E-state index in [4.69, 9.17) is 9.47 Å². The number of urea groups is 1. The van der Waals surface area contributed by atoms with E-state index < -0.39 is 0 Å². The van der Waals surface area contributed by atoms with Crippen molar-refractivity contribution < 1.29 is 23.9 Å². The number of nitrogens with one attached hydrogen (secondary N) is 1. The summed E-state index contributed by atoms with van der Waals surface area (Å²) >= 11 is 0. The molecule has 2 aliphatic heterocycles. The number of carbonyl (C=O) groups is 3. The van der Waals surface area contributed by atoms with E-state index >= 15 is 0 Å². The van der Waals surface area contributed by atoms with Gasteiger partial charge >= 0.3 is 6.03 Å². The van der Waals surface area contributed by atoms with Gasteiger partial charge in [-0.15, -0.1) is 0 Å². The molecule has 1 N–H and O–H groups in total. The molecule has 2 aliphatic rings. The highest BCUT2D eigenvalue weighted by Crippen LogP contribution is 2.30. The van der Waals surface area contributed by atoms with Crippen molar-refractivity contribution in [1.29, 1.82) is 0 Å². The first-order valence-electron chi connectivity index (χ1n) is 7.66. The molecule has 0 aromatic heterocycles. The third kappa shape index (κ3) is 2.86. The van der Waals surface area contributed by atoms with Crippen LogP contribution in [0.3, 0.4) is 0 Å². The Hall–Kier alpha value is -2.77. The number of likely N-dealkylation sites (tertiary alicyclic amines) is 2. The van der Waals surface area contributed by atoms with Gasteiger partial charge in [-0.2, -0.15) is 0 Å². The van der Waals surface area contributed by atoms with Gasteiger partial charge in [-0.1, -0.05) is 0 Å². The molecule has 1 aromatic rings. The standard InChI is InChI=1S/C16H19N3O5/c1-23-11-3-4-12(13(7-11)24-2)17-16(22)18-8-10(9-18)19-14(20)5-6-15(19)21/h3-4,7,10H,5-6,8-9H2,1-2H3,(H,17,22). The Labute approximate surface area is 139 Å².